The zero-order valence-corrected chi connectivity index (χ0v) is 10.5. The summed E-state index contributed by atoms with van der Waals surface area (Å²) in [5, 5.41) is 14.2. The minimum absolute atomic E-state index is 0.378. The smallest absolute Gasteiger partial charge is 0.0777 e. The molecule has 0 saturated heterocycles. The van der Waals surface area contributed by atoms with Crippen LogP contribution in [0.2, 0.25) is 0 Å². The van der Waals surface area contributed by atoms with Crippen molar-refractivity contribution in [2.24, 2.45) is 0 Å². The van der Waals surface area contributed by atoms with E-state index in [1.54, 1.807) is 7.11 Å². The van der Waals surface area contributed by atoms with Crippen LogP contribution in [0, 0.1) is 0 Å². The molecule has 4 nitrogen and oxygen atoms in total. The Kier molecular flexibility index (Phi) is 4.57. The fourth-order valence-corrected chi connectivity index (χ4v) is 2.47. The molecule has 1 atom stereocenters. The molecule has 0 amide bonds. The van der Waals surface area contributed by atoms with E-state index in [0.29, 0.717) is 12.6 Å². The van der Waals surface area contributed by atoms with Gasteiger partial charge in [-0.05, 0) is 31.7 Å². The molecule has 1 unspecified atom stereocenters. The molecule has 1 N–H and O–H groups in total. The lowest BCUT2D eigenvalue weighted by atomic mass is 10.2. The van der Waals surface area contributed by atoms with Crippen molar-refractivity contribution < 1.29 is 9.84 Å². The zero-order chi connectivity index (χ0) is 12.1. The lowest BCUT2D eigenvalue weighted by Crippen LogP contribution is -2.15. The summed E-state index contributed by atoms with van der Waals surface area (Å²) in [5.41, 5.74) is 1.08. The van der Waals surface area contributed by atoms with E-state index < -0.39 is 0 Å². The Morgan fingerprint density at radius 2 is 2.29 bits per heavy atom. The van der Waals surface area contributed by atoms with Gasteiger partial charge >= 0.3 is 0 Å². The second-order valence-corrected chi connectivity index (χ2v) is 4.87. The SMILES string of the molecule is COCC(O)CCc1ccn(C2CCCC2)n1. The number of hydrogen-bond acceptors (Lipinski definition) is 3. The van der Waals surface area contributed by atoms with Gasteiger partial charge in [-0.25, -0.2) is 0 Å². The van der Waals surface area contributed by atoms with Crippen molar-refractivity contribution in [3.63, 3.8) is 0 Å². The Morgan fingerprint density at radius 3 is 3.00 bits per heavy atom. The van der Waals surface area contributed by atoms with Gasteiger partial charge in [0.2, 0.25) is 0 Å². The Bertz CT molecular complexity index is 332. The summed E-state index contributed by atoms with van der Waals surface area (Å²) in [6, 6.07) is 2.67. The van der Waals surface area contributed by atoms with Crippen LogP contribution >= 0.6 is 0 Å². The van der Waals surface area contributed by atoms with Gasteiger partial charge in [0.1, 0.15) is 0 Å². The third-order valence-corrected chi connectivity index (χ3v) is 3.46. The monoisotopic (exact) mass is 238 g/mol. The van der Waals surface area contributed by atoms with Crippen molar-refractivity contribution in [1.29, 1.82) is 0 Å². The van der Waals surface area contributed by atoms with Crippen LogP contribution in [0.5, 0.6) is 0 Å². The maximum absolute atomic E-state index is 9.57. The highest BCUT2D eigenvalue weighted by atomic mass is 16.5. The van der Waals surface area contributed by atoms with E-state index in [0.717, 1.165) is 18.5 Å². The molecule has 0 aliphatic heterocycles. The molecule has 1 heterocycles. The van der Waals surface area contributed by atoms with Crippen molar-refractivity contribution in [1.82, 2.24) is 9.78 Å². The van der Waals surface area contributed by atoms with Crippen molar-refractivity contribution in [2.45, 2.75) is 50.7 Å². The number of aliphatic hydroxyl groups is 1. The Balaban J connectivity index is 1.81. The van der Waals surface area contributed by atoms with Crippen molar-refractivity contribution in [3.05, 3.63) is 18.0 Å². The van der Waals surface area contributed by atoms with Crippen LogP contribution in [0.25, 0.3) is 0 Å². The van der Waals surface area contributed by atoms with Gasteiger partial charge in [-0.1, -0.05) is 12.8 Å². The number of aryl methyl sites for hydroxylation is 1. The van der Waals surface area contributed by atoms with E-state index in [2.05, 4.69) is 22.0 Å². The number of nitrogens with zero attached hydrogens (tertiary/aromatic N) is 2. The van der Waals surface area contributed by atoms with Crippen molar-refractivity contribution in [3.8, 4) is 0 Å². The Hall–Kier alpha value is -0.870. The normalized spacial score (nSPS) is 18.7. The molecule has 1 aromatic rings. The Labute approximate surface area is 103 Å². The summed E-state index contributed by atoms with van der Waals surface area (Å²) in [4.78, 5) is 0. The van der Waals surface area contributed by atoms with Crippen LogP contribution in [0.4, 0.5) is 0 Å². The van der Waals surface area contributed by atoms with Crippen LogP contribution in [-0.2, 0) is 11.2 Å². The highest BCUT2D eigenvalue weighted by Crippen LogP contribution is 2.28. The lowest BCUT2D eigenvalue weighted by molar-refractivity contribution is 0.0593. The van der Waals surface area contributed by atoms with Crippen LogP contribution < -0.4 is 0 Å². The topological polar surface area (TPSA) is 47.3 Å². The van der Waals surface area contributed by atoms with Gasteiger partial charge in [0.05, 0.1) is 24.4 Å². The molecule has 1 aromatic heterocycles. The number of aromatic nitrogens is 2. The molecule has 0 spiro atoms. The molecule has 96 valence electrons. The first-order chi connectivity index (χ1) is 8.29. The molecular weight excluding hydrogens is 216 g/mol. The molecule has 1 aliphatic rings. The van der Waals surface area contributed by atoms with Crippen LogP contribution in [-0.4, -0.2) is 34.7 Å². The maximum Gasteiger partial charge on any atom is 0.0777 e. The first kappa shape index (κ1) is 12.6. The fourth-order valence-electron chi connectivity index (χ4n) is 2.47. The number of aliphatic hydroxyl groups excluding tert-OH is 1. The highest BCUT2D eigenvalue weighted by molar-refractivity contribution is 5.00. The molecule has 17 heavy (non-hydrogen) atoms. The minimum atomic E-state index is -0.378. The van der Waals surface area contributed by atoms with Gasteiger partial charge in [-0.2, -0.15) is 5.10 Å². The first-order valence-corrected chi connectivity index (χ1v) is 6.50. The first-order valence-electron chi connectivity index (χ1n) is 6.50. The minimum Gasteiger partial charge on any atom is -0.391 e. The fraction of sp³-hybridized carbons (Fsp3) is 0.769. The third kappa shape index (κ3) is 3.54. The molecule has 1 aliphatic carbocycles. The van der Waals surface area contributed by atoms with E-state index in [4.69, 9.17) is 4.74 Å². The second kappa shape index (κ2) is 6.17. The number of rotatable bonds is 6. The van der Waals surface area contributed by atoms with E-state index in [9.17, 15) is 5.11 Å². The van der Waals surface area contributed by atoms with Gasteiger partial charge in [0.25, 0.3) is 0 Å². The lowest BCUT2D eigenvalue weighted by Gasteiger charge is -2.09. The standard InChI is InChI=1S/C13H22N2O2/c1-17-10-13(16)7-6-11-8-9-15(14-11)12-4-2-3-5-12/h8-9,12-13,16H,2-7,10H2,1H3. The summed E-state index contributed by atoms with van der Waals surface area (Å²) < 4.78 is 7.01. The molecule has 1 saturated carbocycles. The summed E-state index contributed by atoms with van der Waals surface area (Å²) in [6.07, 6.45) is 8.41. The summed E-state index contributed by atoms with van der Waals surface area (Å²) in [7, 11) is 1.61. The molecule has 4 heteroatoms. The average molecular weight is 238 g/mol. The predicted molar refractivity (Wildman–Crippen MR) is 65.9 cm³/mol. The van der Waals surface area contributed by atoms with Gasteiger partial charge in [0, 0.05) is 13.3 Å². The van der Waals surface area contributed by atoms with Crippen LogP contribution in [0.1, 0.15) is 43.8 Å². The number of methoxy groups -OCH3 is 1. The van der Waals surface area contributed by atoms with Gasteiger partial charge in [-0.15, -0.1) is 0 Å². The van der Waals surface area contributed by atoms with Crippen molar-refractivity contribution in [2.75, 3.05) is 13.7 Å². The Morgan fingerprint density at radius 1 is 1.53 bits per heavy atom. The van der Waals surface area contributed by atoms with E-state index in [1.165, 1.54) is 25.7 Å². The average Bonchev–Trinajstić information content (AvgIpc) is 2.97. The third-order valence-electron chi connectivity index (χ3n) is 3.46. The molecule has 0 bridgehead atoms. The maximum atomic E-state index is 9.57. The number of hydrogen-bond donors (Lipinski definition) is 1. The van der Waals surface area contributed by atoms with Gasteiger partial charge in [-0.3, -0.25) is 4.68 Å². The highest BCUT2D eigenvalue weighted by Gasteiger charge is 2.17. The quantitative estimate of drug-likeness (QED) is 0.824. The molecule has 0 aromatic carbocycles. The van der Waals surface area contributed by atoms with E-state index in [-0.39, 0.29) is 6.10 Å². The van der Waals surface area contributed by atoms with Crippen LogP contribution in [0.15, 0.2) is 12.3 Å². The van der Waals surface area contributed by atoms with Crippen LogP contribution in [0.3, 0.4) is 0 Å². The van der Waals surface area contributed by atoms with E-state index in [1.807, 2.05) is 0 Å². The zero-order valence-electron chi connectivity index (χ0n) is 10.5. The second-order valence-electron chi connectivity index (χ2n) is 4.87. The molecule has 2 rings (SSSR count). The van der Waals surface area contributed by atoms with Gasteiger partial charge < -0.3 is 9.84 Å². The predicted octanol–water partition coefficient (Wildman–Crippen LogP) is 1.94. The summed E-state index contributed by atoms with van der Waals surface area (Å²) in [5.74, 6) is 0. The molecule has 0 radical (unpaired) electrons. The molecular formula is C13H22N2O2. The van der Waals surface area contributed by atoms with Gasteiger partial charge in [0.15, 0.2) is 0 Å². The van der Waals surface area contributed by atoms with Crippen molar-refractivity contribution >= 4 is 0 Å². The number of ether oxygens (including phenoxy) is 1. The largest absolute Gasteiger partial charge is 0.391 e. The molecule has 1 fully saturated rings. The van der Waals surface area contributed by atoms with E-state index >= 15 is 0 Å². The summed E-state index contributed by atoms with van der Waals surface area (Å²) >= 11 is 0. The summed E-state index contributed by atoms with van der Waals surface area (Å²) in [6.45, 7) is 0.406.